The molecular formula is C34H50OS. The quantitative estimate of drug-likeness (QED) is 0.139. The zero-order valence-corrected chi connectivity index (χ0v) is 24.1. The number of benzene rings is 2. The molecule has 2 rings (SSSR count). The van der Waals surface area contributed by atoms with Crippen molar-refractivity contribution < 1.29 is 4.79 Å². The van der Waals surface area contributed by atoms with Crippen molar-refractivity contribution in [2.45, 2.75) is 108 Å². The maximum Gasteiger partial charge on any atom is 0.130 e. The van der Waals surface area contributed by atoms with Crippen LogP contribution >= 0.6 is 11.8 Å². The zero-order valence-electron chi connectivity index (χ0n) is 23.3. The summed E-state index contributed by atoms with van der Waals surface area (Å²) in [5.41, 5.74) is 2.83. The van der Waals surface area contributed by atoms with Gasteiger partial charge < -0.3 is 0 Å². The molecule has 198 valence electrons. The van der Waals surface area contributed by atoms with Crippen molar-refractivity contribution >= 4 is 17.5 Å². The highest BCUT2D eigenvalue weighted by molar-refractivity contribution is 7.99. The number of unbranched alkanes of at least 4 members (excludes halogenated alkanes) is 7. The first kappa shape index (κ1) is 30.4. The summed E-state index contributed by atoms with van der Waals surface area (Å²) in [6.45, 7) is 6.39. The predicted molar refractivity (Wildman–Crippen MR) is 161 cm³/mol. The maximum atomic E-state index is 12.1. The van der Waals surface area contributed by atoms with Gasteiger partial charge in [0.05, 0.1) is 0 Å². The minimum absolute atomic E-state index is 0.291. The average Bonchev–Trinajstić information content (AvgIpc) is 2.90. The highest BCUT2D eigenvalue weighted by Gasteiger charge is 2.33. The molecule has 2 aromatic rings. The molecule has 0 aliphatic rings. The Kier molecular flexibility index (Phi) is 15.6. The van der Waals surface area contributed by atoms with E-state index >= 15 is 0 Å². The number of carbonyl (C=O) groups excluding carboxylic acids is 1. The summed E-state index contributed by atoms with van der Waals surface area (Å²) < 4.78 is 0. The molecule has 0 aliphatic carbocycles. The van der Waals surface area contributed by atoms with Gasteiger partial charge in [0.1, 0.15) is 5.78 Å². The van der Waals surface area contributed by atoms with Gasteiger partial charge in [-0.2, -0.15) is 11.8 Å². The normalized spacial score (nSPS) is 15.0. The van der Waals surface area contributed by atoms with Crippen molar-refractivity contribution in [2.75, 3.05) is 6.26 Å². The number of thioether (sulfide) groups is 1. The van der Waals surface area contributed by atoms with Crippen molar-refractivity contribution in [1.82, 2.24) is 0 Å². The predicted octanol–water partition coefficient (Wildman–Crippen LogP) is 10.4. The van der Waals surface area contributed by atoms with Crippen molar-refractivity contribution in [2.24, 2.45) is 5.92 Å². The number of hydrogen-bond acceptors (Lipinski definition) is 2. The third-order valence-electron chi connectivity index (χ3n) is 7.57. The lowest BCUT2D eigenvalue weighted by Gasteiger charge is -2.36. The molecule has 0 saturated heterocycles. The minimum atomic E-state index is 0.291. The molecular weight excluding hydrogens is 456 g/mol. The molecule has 0 amide bonds. The van der Waals surface area contributed by atoms with E-state index in [1.807, 2.05) is 11.8 Å². The number of hydrogen-bond donors (Lipinski definition) is 0. The van der Waals surface area contributed by atoms with Gasteiger partial charge in [-0.25, -0.2) is 0 Å². The summed E-state index contributed by atoms with van der Waals surface area (Å²) in [5.74, 6) is 1.52. The Balaban J connectivity index is 2.11. The van der Waals surface area contributed by atoms with Gasteiger partial charge >= 0.3 is 0 Å². The number of rotatable bonds is 19. The molecule has 0 fully saturated rings. The van der Waals surface area contributed by atoms with E-state index in [1.165, 1.54) is 62.5 Å². The third-order valence-corrected chi connectivity index (χ3v) is 8.77. The number of carbonyl (C=O) groups is 1. The van der Waals surface area contributed by atoms with Crippen LogP contribution in [-0.2, 0) is 4.79 Å². The van der Waals surface area contributed by atoms with E-state index in [-0.39, 0.29) is 0 Å². The van der Waals surface area contributed by atoms with E-state index in [4.69, 9.17) is 0 Å². The molecule has 1 nitrogen and oxygen atoms in total. The largest absolute Gasteiger partial charge is 0.300 e. The molecule has 0 spiro atoms. The van der Waals surface area contributed by atoms with Gasteiger partial charge in [-0.05, 0) is 74.2 Å². The fraction of sp³-hybridized carbons (Fsp3) is 0.559. The lowest BCUT2D eigenvalue weighted by Crippen LogP contribution is -2.28. The Hall–Kier alpha value is -1.80. The summed E-state index contributed by atoms with van der Waals surface area (Å²) in [6, 6.07) is 22.1. The Bertz CT molecular complexity index is 844. The van der Waals surface area contributed by atoms with Crippen molar-refractivity contribution in [3.05, 3.63) is 83.9 Å². The van der Waals surface area contributed by atoms with Crippen LogP contribution in [0.15, 0.2) is 72.8 Å². The maximum absolute atomic E-state index is 12.1. The van der Waals surface area contributed by atoms with Gasteiger partial charge in [-0.15, -0.1) is 0 Å². The van der Waals surface area contributed by atoms with E-state index in [2.05, 4.69) is 92.9 Å². The topological polar surface area (TPSA) is 17.1 Å². The first-order chi connectivity index (χ1) is 17.6. The lowest BCUT2D eigenvalue weighted by atomic mass is 9.71. The van der Waals surface area contributed by atoms with E-state index in [9.17, 15) is 4.79 Å². The van der Waals surface area contributed by atoms with E-state index < -0.39 is 0 Å². The molecule has 0 radical (unpaired) electrons. The van der Waals surface area contributed by atoms with Crippen LogP contribution in [0.4, 0.5) is 0 Å². The Morgan fingerprint density at radius 2 is 1.36 bits per heavy atom. The summed E-state index contributed by atoms with van der Waals surface area (Å²) >= 11 is 1.86. The van der Waals surface area contributed by atoms with Crippen molar-refractivity contribution in [1.29, 1.82) is 0 Å². The van der Waals surface area contributed by atoms with Crippen LogP contribution in [0.5, 0.6) is 0 Å². The first-order valence-corrected chi connectivity index (χ1v) is 15.6. The van der Waals surface area contributed by atoms with Gasteiger partial charge in [0.25, 0.3) is 0 Å². The van der Waals surface area contributed by atoms with Crippen LogP contribution in [0.1, 0.15) is 114 Å². The summed E-state index contributed by atoms with van der Waals surface area (Å²) in [7, 11) is 0. The third kappa shape index (κ3) is 11.1. The Morgan fingerprint density at radius 3 is 1.94 bits per heavy atom. The standard InChI is InChI=1S/C34H50OS/c1-5-6-7-8-9-10-11-12-13-14-21-26-32(30-22-17-15-18-23-30)34(31-24-19-16-20-25-31)29(3)33(36-4)27-28(2)35/h12-13,15-20,22-25,29,32-34H,5-11,14,21,26-27H2,1-4H3. The zero-order chi connectivity index (χ0) is 26.0. The fourth-order valence-electron chi connectivity index (χ4n) is 5.56. The Labute approximate surface area is 226 Å². The van der Waals surface area contributed by atoms with Crippen LogP contribution in [-0.4, -0.2) is 17.3 Å². The summed E-state index contributed by atoms with van der Waals surface area (Å²) in [4.78, 5) is 12.1. The SMILES string of the molecule is CCCCCCCCC=CCCCC(c1ccccc1)C(c1ccccc1)C(C)C(CC(C)=O)SC. The van der Waals surface area contributed by atoms with Gasteiger partial charge in [0.2, 0.25) is 0 Å². The molecule has 0 bridgehead atoms. The fourth-order valence-corrected chi connectivity index (χ4v) is 6.56. The van der Waals surface area contributed by atoms with Crippen LogP contribution in [0, 0.1) is 5.92 Å². The second kappa shape index (κ2) is 18.4. The Morgan fingerprint density at radius 1 is 0.806 bits per heavy atom. The molecule has 36 heavy (non-hydrogen) atoms. The lowest BCUT2D eigenvalue weighted by molar-refractivity contribution is -0.117. The molecule has 4 unspecified atom stereocenters. The molecule has 0 heterocycles. The monoisotopic (exact) mass is 506 g/mol. The summed E-state index contributed by atoms with van der Waals surface area (Å²) in [6.07, 6.45) is 20.5. The van der Waals surface area contributed by atoms with Gasteiger partial charge in [0, 0.05) is 11.7 Å². The molecule has 0 aliphatic heterocycles. The van der Waals surface area contributed by atoms with Crippen molar-refractivity contribution in [3.8, 4) is 0 Å². The number of allylic oxidation sites excluding steroid dienone is 2. The minimum Gasteiger partial charge on any atom is -0.300 e. The second-order valence-electron chi connectivity index (χ2n) is 10.5. The van der Waals surface area contributed by atoms with E-state index in [0.717, 1.165) is 12.8 Å². The van der Waals surface area contributed by atoms with E-state index in [0.29, 0.717) is 35.2 Å². The van der Waals surface area contributed by atoms with Crippen LogP contribution in [0.2, 0.25) is 0 Å². The number of ketones is 1. The van der Waals surface area contributed by atoms with E-state index in [1.54, 1.807) is 6.92 Å². The molecule has 4 atom stereocenters. The van der Waals surface area contributed by atoms with Crippen LogP contribution in [0.3, 0.4) is 0 Å². The highest BCUT2D eigenvalue weighted by atomic mass is 32.2. The first-order valence-electron chi connectivity index (χ1n) is 14.4. The number of Topliss-reactive ketones (excluding diaryl/α,β-unsaturated/α-hetero) is 1. The van der Waals surface area contributed by atoms with Gasteiger partial charge in [0.15, 0.2) is 0 Å². The van der Waals surface area contributed by atoms with Crippen LogP contribution < -0.4 is 0 Å². The van der Waals surface area contributed by atoms with Crippen molar-refractivity contribution in [3.63, 3.8) is 0 Å². The average molecular weight is 507 g/mol. The van der Waals surface area contributed by atoms with Gasteiger partial charge in [-0.1, -0.05) is 119 Å². The molecule has 0 N–H and O–H groups in total. The van der Waals surface area contributed by atoms with Crippen LogP contribution in [0.25, 0.3) is 0 Å². The second-order valence-corrected chi connectivity index (χ2v) is 11.5. The highest BCUT2D eigenvalue weighted by Crippen LogP contribution is 2.45. The molecule has 2 aromatic carbocycles. The summed E-state index contributed by atoms with van der Waals surface area (Å²) in [5, 5.41) is 0.330. The van der Waals surface area contributed by atoms with Gasteiger partial charge in [-0.3, -0.25) is 4.79 Å². The molecule has 2 heteroatoms. The smallest absolute Gasteiger partial charge is 0.130 e. The molecule has 0 aromatic heterocycles. The molecule has 0 saturated carbocycles.